The van der Waals surface area contributed by atoms with Crippen LogP contribution in [-0.4, -0.2) is 18.9 Å². The summed E-state index contributed by atoms with van der Waals surface area (Å²) in [6.07, 6.45) is 1.15. The molecule has 1 rings (SSSR count). The summed E-state index contributed by atoms with van der Waals surface area (Å²) in [4.78, 5) is 22.4. The van der Waals surface area contributed by atoms with Gasteiger partial charge in [0.15, 0.2) is 17.4 Å². The minimum Gasteiger partial charge on any atom is -0.465 e. The van der Waals surface area contributed by atoms with E-state index >= 15 is 0 Å². The number of halogens is 2. The molecule has 0 N–H and O–H groups in total. The number of methoxy groups -OCH3 is 1. The highest BCUT2D eigenvalue weighted by Crippen LogP contribution is 2.13. The first-order chi connectivity index (χ1) is 7.95. The molecule has 0 aliphatic rings. The predicted octanol–water partition coefficient (Wildman–Crippen LogP) is 2.11. The van der Waals surface area contributed by atoms with Gasteiger partial charge in [-0.3, -0.25) is 4.79 Å². The molecule has 0 unspecified atom stereocenters. The van der Waals surface area contributed by atoms with Gasteiger partial charge in [0.05, 0.1) is 7.11 Å². The van der Waals surface area contributed by atoms with Gasteiger partial charge in [0.1, 0.15) is 5.57 Å². The molecule has 0 radical (unpaired) electrons. The number of ether oxygens (including phenoxy) is 1. The molecule has 0 atom stereocenters. The number of carbonyl (C=O) groups excluding carboxylic acids is 2. The lowest BCUT2D eigenvalue weighted by atomic mass is 10.1. The third kappa shape index (κ3) is 3.21. The molecule has 0 amide bonds. The number of ketones is 1. The van der Waals surface area contributed by atoms with Crippen LogP contribution in [0.2, 0.25) is 0 Å². The molecule has 17 heavy (non-hydrogen) atoms. The van der Waals surface area contributed by atoms with Crippen LogP contribution in [-0.2, 0) is 14.3 Å². The van der Waals surface area contributed by atoms with Crippen LogP contribution >= 0.6 is 0 Å². The molecule has 3 nitrogen and oxygen atoms in total. The number of benzene rings is 1. The summed E-state index contributed by atoms with van der Waals surface area (Å²) < 4.78 is 30.0. The van der Waals surface area contributed by atoms with E-state index in [4.69, 9.17) is 0 Å². The van der Waals surface area contributed by atoms with Crippen molar-refractivity contribution in [2.75, 3.05) is 7.11 Å². The summed E-state index contributed by atoms with van der Waals surface area (Å²) >= 11 is 0. The van der Waals surface area contributed by atoms with Gasteiger partial charge in [0, 0.05) is 0 Å². The van der Waals surface area contributed by atoms with Gasteiger partial charge in [0.2, 0.25) is 0 Å². The number of Topliss-reactive ketones (excluding diaryl/α,β-unsaturated/α-hetero) is 1. The third-order valence-corrected chi connectivity index (χ3v) is 2.04. The van der Waals surface area contributed by atoms with Crippen LogP contribution in [0.1, 0.15) is 12.5 Å². The summed E-state index contributed by atoms with van der Waals surface area (Å²) in [7, 11) is 1.13. The SMILES string of the molecule is COC(=O)/C(=C\c1ccc(F)c(F)c1)C(C)=O. The lowest BCUT2D eigenvalue weighted by Gasteiger charge is -2.02. The van der Waals surface area contributed by atoms with E-state index in [-0.39, 0.29) is 11.1 Å². The number of carbonyl (C=O) groups is 2. The number of esters is 1. The number of hydrogen-bond acceptors (Lipinski definition) is 3. The molecule has 90 valence electrons. The second kappa shape index (κ2) is 5.34. The molecule has 0 aliphatic carbocycles. The lowest BCUT2D eigenvalue weighted by Crippen LogP contribution is -2.11. The molecular weight excluding hydrogens is 230 g/mol. The molecular formula is C12H10F2O3. The molecule has 0 spiro atoms. The van der Waals surface area contributed by atoms with Gasteiger partial charge in [-0.1, -0.05) is 6.07 Å². The van der Waals surface area contributed by atoms with Crippen molar-refractivity contribution in [1.29, 1.82) is 0 Å². The van der Waals surface area contributed by atoms with Crippen molar-refractivity contribution in [1.82, 2.24) is 0 Å². The maximum Gasteiger partial charge on any atom is 0.341 e. The first-order valence-electron chi connectivity index (χ1n) is 4.71. The van der Waals surface area contributed by atoms with Gasteiger partial charge >= 0.3 is 5.97 Å². The topological polar surface area (TPSA) is 43.4 Å². The monoisotopic (exact) mass is 240 g/mol. The van der Waals surface area contributed by atoms with Crippen molar-refractivity contribution in [3.05, 3.63) is 41.0 Å². The molecule has 0 saturated heterocycles. The fourth-order valence-electron chi connectivity index (χ4n) is 1.18. The Morgan fingerprint density at radius 2 is 1.88 bits per heavy atom. The largest absolute Gasteiger partial charge is 0.465 e. The minimum absolute atomic E-state index is 0.208. The van der Waals surface area contributed by atoms with Crippen molar-refractivity contribution in [2.45, 2.75) is 6.92 Å². The van der Waals surface area contributed by atoms with E-state index in [1.807, 2.05) is 0 Å². The zero-order chi connectivity index (χ0) is 13.0. The third-order valence-electron chi connectivity index (χ3n) is 2.04. The molecule has 0 heterocycles. The summed E-state index contributed by atoms with van der Waals surface area (Å²) in [6.45, 7) is 1.18. The second-order valence-electron chi connectivity index (χ2n) is 3.28. The smallest absolute Gasteiger partial charge is 0.341 e. The molecule has 0 fully saturated rings. The molecule has 0 aliphatic heterocycles. The normalized spacial score (nSPS) is 11.2. The van der Waals surface area contributed by atoms with E-state index in [1.54, 1.807) is 0 Å². The standard InChI is InChI=1S/C12H10F2O3/c1-7(15)9(12(16)17-2)5-8-3-4-10(13)11(14)6-8/h3-6H,1-2H3/b9-5-. The van der Waals surface area contributed by atoms with Crippen molar-refractivity contribution >= 4 is 17.8 Å². The van der Waals surface area contributed by atoms with Gasteiger partial charge in [0.25, 0.3) is 0 Å². The van der Waals surface area contributed by atoms with Crippen LogP contribution in [0.4, 0.5) is 8.78 Å². The Balaban J connectivity index is 3.17. The Morgan fingerprint density at radius 1 is 1.24 bits per heavy atom. The first kappa shape index (κ1) is 13.0. The highest BCUT2D eigenvalue weighted by Gasteiger charge is 2.15. The quantitative estimate of drug-likeness (QED) is 0.352. The van der Waals surface area contributed by atoms with E-state index in [0.29, 0.717) is 0 Å². The van der Waals surface area contributed by atoms with E-state index in [9.17, 15) is 18.4 Å². The Labute approximate surface area is 96.7 Å². The van der Waals surface area contributed by atoms with Crippen LogP contribution in [0.25, 0.3) is 6.08 Å². The zero-order valence-electron chi connectivity index (χ0n) is 9.29. The number of rotatable bonds is 3. The Kier molecular flexibility index (Phi) is 4.09. The maximum atomic E-state index is 12.9. The highest BCUT2D eigenvalue weighted by molar-refractivity contribution is 6.19. The molecule has 1 aromatic rings. The average Bonchev–Trinajstić information content (AvgIpc) is 2.29. The fraction of sp³-hybridized carbons (Fsp3) is 0.167. The van der Waals surface area contributed by atoms with E-state index in [1.165, 1.54) is 13.0 Å². The highest BCUT2D eigenvalue weighted by atomic mass is 19.2. The Bertz CT molecular complexity index is 493. The van der Waals surface area contributed by atoms with Crippen molar-refractivity contribution in [3.63, 3.8) is 0 Å². The average molecular weight is 240 g/mol. The van der Waals surface area contributed by atoms with Crippen molar-refractivity contribution < 1.29 is 23.1 Å². The summed E-state index contributed by atoms with van der Waals surface area (Å²) in [5.41, 5.74) is -0.0157. The molecule has 1 aromatic carbocycles. The number of hydrogen-bond donors (Lipinski definition) is 0. The van der Waals surface area contributed by atoms with E-state index < -0.39 is 23.4 Å². The molecule has 5 heteroatoms. The van der Waals surface area contributed by atoms with Crippen LogP contribution < -0.4 is 0 Å². The molecule has 0 aromatic heterocycles. The van der Waals surface area contributed by atoms with Crippen molar-refractivity contribution in [2.24, 2.45) is 0 Å². The maximum absolute atomic E-state index is 12.9. The zero-order valence-corrected chi connectivity index (χ0v) is 9.29. The second-order valence-corrected chi connectivity index (χ2v) is 3.28. The Hall–Kier alpha value is -2.04. The van der Waals surface area contributed by atoms with Gasteiger partial charge in [-0.2, -0.15) is 0 Å². The summed E-state index contributed by atoms with van der Waals surface area (Å²) in [5.74, 6) is -3.38. The lowest BCUT2D eigenvalue weighted by molar-refractivity contribution is -0.137. The van der Waals surface area contributed by atoms with Crippen LogP contribution in [0, 0.1) is 11.6 Å². The van der Waals surface area contributed by atoms with Crippen LogP contribution in [0.15, 0.2) is 23.8 Å². The molecule has 0 bridgehead atoms. The summed E-state index contributed by atoms with van der Waals surface area (Å²) in [6, 6.07) is 3.06. The van der Waals surface area contributed by atoms with Gasteiger partial charge in [-0.05, 0) is 30.7 Å². The van der Waals surface area contributed by atoms with E-state index in [2.05, 4.69) is 4.74 Å². The van der Waals surface area contributed by atoms with Gasteiger partial charge in [-0.25, -0.2) is 13.6 Å². The van der Waals surface area contributed by atoms with E-state index in [0.717, 1.165) is 25.3 Å². The Morgan fingerprint density at radius 3 is 2.35 bits per heavy atom. The van der Waals surface area contributed by atoms with Crippen LogP contribution in [0.3, 0.4) is 0 Å². The first-order valence-corrected chi connectivity index (χ1v) is 4.71. The fourth-order valence-corrected chi connectivity index (χ4v) is 1.18. The van der Waals surface area contributed by atoms with Gasteiger partial charge in [-0.15, -0.1) is 0 Å². The minimum atomic E-state index is -1.05. The molecule has 0 saturated carbocycles. The van der Waals surface area contributed by atoms with Crippen molar-refractivity contribution in [3.8, 4) is 0 Å². The van der Waals surface area contributed by atoms with Crippen LogP contribution in [0.5, 0.6) is 0 Å². The summed E-state index contributed by atoms with van der Waals surface area (Å²) in [5, 5.41) is 0. The van der Waals surface area contributed by atoms with Gasteiger partial charge < -0.3 is 4.74 Å². The predicted molar refractivity (Wildman–Crippen MR) is 57.0 cm³/mol.